The minimum absolute atomic E-state index is 0.0275. The molecule has 1 aromatic carbocycles. The molecule has 0 spiro atoms. The average molecular weight is 283 g/mol. The van der Waals surface area contributed by atoms with Crippen LogP contribution in [0.1, 0.15) is 38.1 Å². The van der Waals surface area contributed by atoms with Crippen LogP contribution in [0.5, 0.6) is 0 Å². The number of carbonyl (C=O) groups excluding carboxylic acids is 1. The maximum atomic E-state index is 12.1. The van der Waals surface area contributed by atoms with Gasteiger partial charge in [-0.1, -0.05) is 13.8 Å². The number of Topliss-reactive ketones (excluding diaryl/α,β-unsaturated/α-hetero) is 1. The van der Waals surface area contributed by atoms with Crippen molar-refractivity contribution in [3.8, 4) is 0 Å². The summed E-state index contributed by atoms with van der Waals surface area (Å²) in [5.74, 6) is 0.267. The van der Waals surface area contributed by atoms with Gasteiger partial charge in [0.25, 0.3) is 0 Å². The van der Waals surface area contributed by atoms with Gasteiger partial charge < -0.3 is 0 Å². The first-order valence-electron chi connectivity index (χ1n) is 6.39. The summed E-state index contributed by atoms with van der Waals surface area (Å²) in [5, 5.41) is 0. The molecule has 106 valence electrons. The lowest BCUT2D eigenvalue weighted by Gasteiger charge is -2.25. The molecule has 0 saturated carbocycles. The van der Waals surface area contributed by atoms with Crippen LogP contribution >= 0.6 is 0 Å². The molecule has 0 aromatic heterocycles. The van der Waals surface area contributed by atoms with Crippen LogP contribution in [-0.4, -0.2) is 26.5 Å². The molecule has 19 heavy (non-hydrogen) atoms. The first-order chi connectivity index (χ1) is 8.77. The van der Waals surface area contributed by atoms with Crippen LogP contribution in [0, 0.1) is 5.92 Å². The van der Waals surface area contributed by atoms with E-state index in [1.54, 1.807) is 31.2 Å². The Kier molecular flexibility index (Phi) is 5.11. The summed E-state index contributed by atoms with van der Waals surface area (Å²) >= 11 is 0. The number of nitrogens with zero attached hydrogens (tertiary/aromatic N) is 1. The van der Waals surface area contributed by atoms with Crippen LogP contribution in [0.2, 0.25) is 0 Å². The van der Waals surface area contributed by atoms with Crippen molar-refractivity contribution < 1.29 is 13.2 Å². The van der Waals surface area contributed by atoms with Gasteiger partial charge in [-0.15, -0.1) is 0 Å². The molecule has 0 amide bonds. The molecular weight excluding hydrogens is 262 g/mol. The van der Waals surface area contributed by atoms with Gasteiger partial charge in [-0.3, -0.25) is 9.10 Å². The zero-order valence-corrected chi connectivity index (χ0v) is 12.7. The predicted molar refractivity (Wildman–Crippen MR) is 78.1 cm³/mol. The summed E-state index contributed by atoms with van der Waals surface area (Å²) in [6.07, 6.45) is 0. The summed E-state index contributed by atoms with van der Waals surface area (Å²) in [6.45, 7) is 7.51. The summed E-state index contributed by atoms with van der Waals surface area (Å²) in [7, 11) is -3.29. The number of carbonyl (C=O) groups is 1. The van der Waals surface area contributed by atoms with Gasteiger partial charge in [-0.2, -0.15) is 0 Å². The lowest BCUT2D eigenvalue weighted by atomic mass is 10.1. The Bertz CT molecular complexity index is 532. The van der Waals surface area contributed by atoms with Gasteiger partial charge in [0.1, 0.15) is 0 Å². The normalized spacial score (nSPS) is 11.6. The highest BCUT2D eigenvalue weighted by atomic mass is 32.2. The van der Waals surface area contributed by atoms with E-state index >= 15 is 0 Å². The smallest absolute Gasteiger partial charge is 0.234 e. The second-order valence-electron chi connectivity index (χ2n) is 4.93. The SMILES string of the molecule is CCS(=O)(=O)N(CC(C)C)c1ccc(C(C)=O)cc1. The topological polar surface area (TPSA) is 54.5 Å². The Labute approximate surface area is 115 Å². The minimum atomic E-state index is -3.29. The van der Waals surface area contributed by atoms with E-state index in [1.165, 1.54) is 11.2 Å². The Balaban J connectivity index is 3.15. The van der Waals surface area contributed by atoms with Crippen molar-refractivity contribution in [3.05, 3.63) is 29.8 Å². The first kappa shape index (κ1) is 15.7. The second-order valence-corrected chi connectivity index (χ2v) is 7.11. The molecule has 0 radical (unpaired) electrons. The molecule has 5 heteroatoms. The fourth-order valence-corrected chi connectivity index (χ4v) is 3.01. The number of ketones is 1. The van der Waals surface area contributed by atoms with Gasteiger partial charge in [0.05, 0.1) is 11.4 Å². The summed E-state index contributed by atoms with van der Waals surface area (Å²) in [6, 6.07) is 6.70. The molecule has 0 N–H and O–H groups in total. The molecular formula is C14H21NO3S. The Morgan fingerprint density at radius 3 is 2.11 bits per heavy atom. The van der Waals surface area contributed by atoms with E-state index in [0.29, 0.717) is 17.8 Å². The molecule has 0 bridgehead atoms. The maximum Gasteiger partial charge on any atom is 0.234 e. The molecule has 0 aliphatic rings. The van der Waals surface area contributed by atoms with Gasteiger partial charge >= 0.3 is 0 Å². The second kappa shape index (κ2) is 6.19. The molecule has 4 nitrogen and oxygen atoms in total. The van der Waals surface area contributed by atoms with Crippen LogP contribution in [0.25, 0.3) is 0 Å². The molecule has 0 heterocycles. The van der Waals surface area contributed by atoms with Crippen molar-refractivity contribution in [1.82, 2.24) is 0 Å². The maximum absolute atomic E-state index is 12.1. The van der Waals surface area contributed by atoms with E-state index in [-0.39, 0.29) is 17.5 Å². The van der Waals surface area contributed by atoms with Gasteiger partial charge in [0.15, 0.2) is 5.78 Å². The zero-order valence-electron chi connectivity index (χ0n) is 11.9. The number of rotatable bonds is 6. The quantitative estimate of drug-likeness (QED) is 0.754. The third-order valence-corrected chi connectivity index (χ3v) is 4.55. The highest BCUT2D eigenvalue weighted by Crippen LogP contribution is 2.21. The van der Waals surface area contributed by atoms with E-state index in [1.807, 2.05) is 13.8 Å². The van der Waals surface area contributed by atoms with Gasteiger partial charge in [0.2, 0.25) is 10.0 Å². The van der Waals surface area contributed by atoms with Crippen LogP contribution < -0.4 is 4.31 Å². The molecule has 0 aliphatic carbocycles. The first-order valence-corrected chi connectivity index (χ1v) is 8.00. The predicted octanol–water partition coefficient (Wildman–Crippen LogP) is 2.70. The molecule has 0 fully saturated rings. The van der Waals surface area contributed by atoms with Crippen molar-refractivity contribution in [2.24, 2.45) is 5.92 Å². The molecule has 1 rings (SSSR count). The number of anilines is 1. The lowest BCUT2D eigenvalue weighted by molar-refractivity contribution is 0.101. The monoisotopic (exact) mass is 283 g/mol. The lowest BCUT2D eigenvalue weighted by Crippen LogP contribution is -2.35. The molecule has 0 saturated heterocycles. The summed E-state index contributed by atoms with van der Waals surface area (Å²) in [4.78, 5) is 11.2. The van der Waals surface area contributed by atoms with Crippen molar-refractivity contribution in [2.45, 2.75) is 27.7 Å². The fourth-order valence-electron chi connectivity index (χ4n) is 1.73. The van der Waals surface area contributed by atoms with E-state index in [0.717, 1.165) is 0 Å². The van der Waals surface area contributed by atoms with Crippen molar-refractivity contribution >= 4 is 21.5 Å². The van der Waals surface area contributed by atoms with Crippen LogP contribution in [0.4, 0.5) is 5.69 Å². The number of benzene rings is 1. The van der Waals surface area contributed by atoms with Crippen LogP contribution in [-0.2, 0) is 10.0 Å². The average Bonchev–Trinajstić information content (AvgIpc) is 2.35. The Morgan fingerprint density at radius 2 is 1.74 bits per heavy atom. The van der Waals surface area contributed by atoms with Crippen LogP contribution in [0.15, 0.2) is 24.3 Å². The minimum Gasteiger partial charge on any atom is -0.295 e. The number of hydrogen-bond acceptors (Lipinski definition) is 3. The molecule has 1 aromatic rings. The van der Waals surface area contributed by atoms with E-state index in [2.05, 4.69) is 0 Å². The van der Waals surface area contributed by atoms with E-state index in [4.69, 9.17) is 0 Å². The van der Waals surface area contributed by atoms with Gasteiger partial charge in [-0.05, 0) is 44.0 Å². The standard InChI is InChI=1S/C14H21NO3S/c1-5-19(17,18)15(10-11(2)3)14-8-6-13(7-9-14)12(4)16/h6-9,11H,5,10H2,1-4H3. The van der Waals surface area contributed by atoms with E-state index in [9.17, 15) is 13.2 Å². The third-order valence-electron chi connectivity index (χ3n) is 2.79. The van der Waals surface area contributed by atoms with Crippen molar-refractivity contribution in [1.29, 1.82) is 0 Å². The third kappa shape index (κ3) is 4.06. The highest BCUT2D eigenvalue weighted by molar-refractivity contribution is 7.92. The zero-order chi connectivity index (χ0) is 14.6. The molecule has 0 unspecified atom stereocenters. The number of sulfonamides is 1. The largest absolute Gasteiger partial charge is 0.295 e. The van der Waals surface area contributed by atoms with E-state index < -0.39 is 10.0 Å². The van der Waals surface area contributed by atoms with Crippen molar-refractivity contribution in [2.75, 3.05) is 16.6 Å². The molecule has 0 aliphatic heterocycles. The Morgan fingerprint density at radius 1 is 1.21 bits per heavy atom. The Hall–Kier alpha value is -1.36. The summed E-state index contributed by atoms with van der Waals surface area (Å²) < 4.78 is 25.6. The summed E-state index contributed by atoms with van der Waals surface area (Å²) in [5.41, 5.74) is 1.20. The van der Waals surface area contributed by atoms with Crippen LogP contribution in [0.3, 0.4) is 0 Å². The number of hydrogen-bond donors (Lipinski definition) is 0. The van der Waals surface area contributed by atoms with Gasteiger partial charge in [0, 0.05) is 12.1 Å². The molecule has 0 atom stereocenters. The fraction of sp³-hybridized carbons (Fsp3) is 0.500. The van der Waals surface area contributed by atoms with Crippen molar-refractivity contribution in [3.63, 3.8) is 0 Å². The highest BCUT2D eigenvalue weighted by Gasteiger charge is 2.21. The van der Waals surface area contributed by atoms with Gasteiger partial charge in [-0.25, -0.2) is 8.42 Å².